The molecule has 1 N–H and O–H groups in total. The molecule has 0 bridgehead atoms. The number of ether oxygens (including phenoxy) is 2. The minimum absolute atomic E-state index is 0.0183. The van der Waals surface area contributed by atoms with E-state index in [2.05, 4.69) is 28.1 Å². The molecule has 2 aromatic heterocycles. The number of hydrogen-bond acceptors (Lipinski definition) is 6. The molecule has 2 aliphatic rings. The first-order valence-electron chi connectivity index (χ1n) is 12.1. The number of fused-ring (bicyclic) bond motifs is 6. The van der Waals surface area contributed by atoms with E-state index in [0.717, 1.165) is 49.9 Å². The van der Waals surface area contributed by atoms with Gasteiger partial charge < -0.3 is 19.3 Å². The molecule has 2 aromatic carbocycles. The normalized spacial score (nSPS) is 17.6. The van der Waals surface area contributed by atoms with Crippen LogP contribution in [0.15, 0.2) is 36.7 Å². The zero-order chi connectivity index (χ0) is 25.2. The molecule has 8 nitrogen and oxygen atoms in total. The van der Waals surface area contributed by atoms with Crippen LogP contribution in [-0.4, -0.2) is 64.1 Å². The predicted molar refractivity (Wildman–Crippen MR) is 141 cm³/mol. The Hall–Kier alpha value is -3.52. The predicted octanol–water partition coefficient (Wildman–Crippen LogP) is 5.56. The number of aromatic nitrogens is 3. The second kappa shape index (κ2) is 8.27. The number of rotatable bonds is 1. The summed E-state index contributed by atoms with van der Waals surface area (Å²) in [4.78, 5) is 21.5. The number of halogens is 1. The number of aryl methyl sites for hydroxylation is 1. The number of benzene rings is 2. The Morgan fingerprint density at radius 3 is 2.83 bits per heavy atom. The lowest BCUT2D eigenvalue weighted by Gasteiger charge is -2.45. The topological polar surface area (TPSA) is 83.6 Å². The Kier molecular flexibility index (Phi) is 5.26. The highest BCUT2D eigenvalue weighted by Gasteiger charge is 2.37. The minimum Gasteiger partial charge on any atom is -0.488 e. The number of nitrogens with zero attached hydrogens (tertiary/aromatic N) is 4. The number of amides is 1. The summed E-state index contributed by atoms with van der Waals surface area (Å²) in [6, 6.07) is 8.15. The summed E-state index contributed by atoms with van der Waals surface area (Å²) in [5.41, 5.74) is 5.34. The van der Waals surface area contributed by atoms with Crippen LogP contribution < -0.4 is 9.64 Å². The maximum atomic E-state index is 12.7. The summed E-state index contributed by atoms with van der Waals surface area (Å²) in [5.74, 6) is 0.737. The van der Waals surface area contributed by atoms with Gasteiger partial charge in [-0.2, -0.15) is 5.10 Å². The van der Waals surface area contributed by atoms with Crippen molar-refractivity contribution in [3.05, 3.63) is 47.2 Å². The summed E-state index contributed by atoms with van der Waals surface area (Å²) in [7, 11) is 0. The lowest BCUT2D eigenvalue weighted by molar-refractivity contribution is 0.0195. The third-order valence-corrected chi connectivity index (χ3v) is 7.16. The van der Waals surface area contributed by atoms with Crippen molar-refractivity contribution in [2.75, 3.05) is 31.1 Å². The average Bonchev–Trinajstić information content (AvgIpc) is 3.31. The molecule has 0 spiro atoms. The molecule has 36 heavy (non-hydrogen) atoms. The molecule has 0 radical (unpaired) electrons. The third-order valence-electron chi connectivity index (χ3n) is 6.85. The van der Waals surface area contributed by atoms with Crippen molar-refractivity contribution in [3.8, 4) is 16.9 Å². The van der Waals surface area contributed by atoms with E-state index in [1.165, 1.54) is 0 Å². The van der Waals surface area contributed by atoms with Crippen molar-refractivity contribution < 1.29 is 14.3 Å². The summed E-state index contributed by atoms with van der Waals surface area (Å²) in [6.07, 6.45) is 3.34. The van der Waals surface area contributed by atoms with Crippen LogP contribution in [0.5, 0.6) is 5.75 Å². The first-order valence-corrected chi connectivity index (χ1v) is 12.5. The lowest BCUT2D eigenvalue weighted by atomic mass is 9.95. The van der Waals surface area contributed by atoms with E-state index in [1.54, 1.807) is 11.1 Å². The van der Waals surface area contributed by atoms with Gasteiger partial charge in [-0.25, -0.2) is 4.79 Å². The monoisotopic (exact) mass is 505 g/mol. The number of carbonyl (C=O) groups excluding carboxylic acids is 1. The van der Waals surface area contributed by atoms with Crippen LogP contribution in [0.2, 0.25) is 5.02 Å². The van der Waals surface area contributed by atoms with Gasteiger partial charge in [-0.1, -0.05) is 17.7 Å². The molecular formula is C27H28ClN5O3. The molecule has 1 atom stereocenters. The van der Waals surface area contributed by atoms with E-state index in [-0.39, 0.29) is 12.1 Å². The minimum atomic E-state index is -0.528. The van der Waals surface area contributed by atoms with Gasteiger partial charge in [-0.15, -0.1) is 0 Å². The van der Waals surface area contributed by atoms with Crippen LogP contribution in [0.4, 0.5) is 10.5 Å². The van der Waals surface area contributed by atoms with Crippen molar-refractivity contribution in [3.63, 3.8) is 0 Å². The highest BCUT2D eigenvalue weighted by atomic mass is 35.5. The van der Waals surface area contributed by atoms with E-state index in [4.69, 9.17) is 26.1 Å². The number of piperazine rings is 1. The van der Waals surface area contributed by atoms with E-state index < -0.39 is 5.60 Å². The van der Waals surface area contributed by atoms with Crippen LogP contribution in [0.3, 0.4) is 0 Å². The quantitative estimate of drug-likeness (QED) is 0.365. The largest absolute Gasteiger partial charge is 0.488 e. The number of anilines is 1. The maximum Gasteiger partial charge on any atom is 0.410 e. The molecule has 0 aliphatic carbocycles. The zero-order valence-corrected chi connectivity index (χ0v) is 21.5. The molecule has 1 amide bonds. The Bertz CT molecular complexity index is 1510. The summed E-state index contributed by atoms with van der Waals surface area (Å²) < 4.78 is 11.7. The molecule has 4 heterocycles. The fourth-order valence-electron chi connectivity index (χ4n) is 5.23. The van der Waals surface area contributed by atoms with Gasteiger partial charge in [0, 0.05) is 41.0 Å². The van der Waals surface area contributed by atoms with Gasteiger partial charge in [0.25, 0.3) is 0 Å². The Balaban J connectivity index is 1.39. The van der Waals surface area contributed by atoms with Crippen molar-refractivity contribution in [1.29, 1.82) is 0 Å². The van der Waals surface area contributed by atoms with Gasteiger partial charge in [0.15, 0.2) is 5.75 Å². The fraction of sp³-hybridized carbons (Fsp3) is 0.370. The maximum absolute atomic E-state index is 12.7. The Morgan fingerprint density at radius 2 is 2.03 bits per heavy atom. The van der Waals surface area contributed by atoms with Crippen molar-refractivity contribution in [2.24, 2.45) is 0 Å². The van der Waals surface area contributed by atoms with Crippen molar-refractivity contribution >= 4 is 45.2 Å². The SMILES string of the molecule is Cc1ccc2[nH]ncc2c1-c1cc2ncc3c(c2cc1Cl)N1CCN(C(=O)OC(C)(C)C)C[C@@H]1CO3. The molecule has 186 valence electrons. The van der Waals surface area contributed by atoms with Crippen molar-refractivity contribution in [2.45, 2.75) is 39.3 Å². The molecule has 9 heteroatoms. The number of carbonyl (C=O) groups is 1. The van der Waals surface area contributed by atoms with Crippen LogP contribution in [-0.2, 0) is 4.74 Å². The highest BCUT2D eigenvalue weighted by molar-refractivity contribution is 6.35. The number of hydrogen-bond donors (Lipinski definition) is 1. The molecule has 4 aromatic rings. The molecule has 0 saturated carbocycles. The van der Waals surface area contributed by atoms with Gasteiger partial charge in [0.2, 0.25) is 0 Å². The second-order valence-electron chi connectivity index (χ2n) is 10.5. The number of aromatic amines is 1. The van der Waals surface area contributed by atoms with Gasteiger partial charge in [-0.05, 0) is 57.0 Å². The molecule has 1 fully saturated rings. The first kappa shape index (κ1) is 22.9. The summed E-state index contributed by atoms with van der Waals surface area (Å²) in [6.45, 7) is 9.98. The van der Waals surface area contributed by atoms with Crippen LogP contribution in [0.25, 0.3) is 32.9 Å². The lowest BCUT2D eigenvalue weighted by Crippen LogP contribution is -2.59. The van der Waals surface area contributed by atoms with Crippen LogP contribution in [0, 0.1) is 6.92 Å². The Labute approximate surface area is 214 Å². The van der Waals surface area contributed by atoms with Gasteiger partial charge >= 0.3 is 6.09 Å². The van der Waals surface area contributed by atoms with Crippen molar-refractivity contribution in [1.82, 2.24) is 20.1 Å². The first-order chi connectivity index (χ1) is 17.2. The molecule has 1 saturated heterocycles. The van der Waals surface area contributed by atoms with E-state index in [9.17, 15) is 4.79 Å². The Morgan fingerprint density at radius 1 is 1.19 bits per heavy atom. The fourth-order valence-corrected chi connectivity index (χ4v) is 5.49. The molecule has 0 unspecified atom stereocenters. The van der Waals surface area contributed by atoms with E-state index >= 15 is 0 Å². The number of nitrogens with one attached hydrogen (secondary N) is 1. The van der Waals surface area contributed by atoms with Crippen LogP contribution >= 0.6 is 11.6 Å². The summed E-state index contributed by atoms with van der Waals surface area (Å²) in [5, 5.41) is 9.86. The second-order valence-corrected chi connectivity index (χ2v) is 10.9. The number of H-pyrrole nitrogens is 1. The zero-order valence-electron chi connectivity index (χ0n) is 20.8. The van der Waals surface area contributed by atoms with Gasteiger partial charge in [0.1, 0.15) is 12.2 Å². The third kappa shape index (κ3) is 3.80. The van der Waals surface area contributed by atoms with Gasteiger partial charge in [0.05, 0.1) is 35.2 Å². The highest BCUT2D eigenvalue weighted by Crippen LogP contribution is 2.44. The average molecular weight is 506 g/mol. The summed E-state index contributed by atoms with van der Waals surface area (Å²) >= 11 is 6.93. The molecule has 2 aliphatic heterocycles. The van der Waals surface area contributed by atoms with E-state index in [0.29, 0.717) is 31.3 Å². The molecule has 6 rings (SSSR count). The molecular weight excluding hydrogens is 478 g/mol. The standard InChI is InChI=1S/C27H28ClN5O3/c1-15-5-6-21-19(11-30-31-21)24(15)17-10-22-18(9-20(17)28)25-23(12-29-22)35-14-16-13-32(7-8-33(16)25)26(34)36-27(2,3)4/h5-6,9-12,16H,7-8,13-14H2,1-4H3,(H,30,31)/t16-/m1/s1. The van der Waals surface area contributed by atoms with Gasteiger partial charge in [-0.3, -0.25) is 10.1 Å². The smallest absolute Gasteiger partial charge is 0.410 e. The van der Waals surface area contributed by atoms with E-state index in [1.807, 2.05) is 45.2 Å². The van der Waals surface area contributed by atoms with Crippen LogP contribution in [0.1, 0.15) is 26.3 Å². The number of pyridine rings is 1.